The Morgan fingerprint density at radius 1 is 0.938 bits per heavy atom. The third-order valence-corrected chi connectivity index (χ3v) is 6.15. The first kappa shape index (κ1) is 24.4. The second kappa shape index (κ2) is 11.1. The summed E-state index contributed by atoms with van der Waals surface area (Å²) in [4.78, 5) is 13.6. The van der Waals surface area contributed by atoms with Gasteiger partial charge in [-0.1, -0.05) is 13.8 Å². The van der Waals surface area contributed by atoms with E-state index >= 15 is 0 Å². The zero-order chi connectivity index (χ0) is 23.3. The summed E-state index contributed by atoms with van der Waals surface area (Å²) in [7, 11) is 4.20. The number of hydrogen-bond donors (Lipinski definition) is 2. The van der Waals surface area contributed by atoms with Gasteiger partial charge in [0.2, 0.25) is 0 Å². The highest BCUT2D eigenvalue weighted by Gasteiger charge is 2.23. The molecule has 0 spiro atoms. The van der Waals surface area contributed by atoms with E-state index in [2.05, 4.69) is 44.0 Å². The highest BCUT2D eigenvalue weighted by Crippen LogP contribution is 2.37. The van der Waals surface area contributed by atoms with Crippen LogP contribution in [0.25, 0.3) is 10.9 Å². The van der Waals surface area contributed by atoms with Gasteiger partial charge >= 0.3 is 0 Å². The monoisotopic (exact) mass is 449 g/mol. The molecule has 1 aromatic carbocycles. The molecule has 0 saturated carbocycles. The summed E-state index contributed by atoms with van der Waals surface area (Å²) in [6, 6.07) is 2.17. The van der Waals surface area contributed by atoms with Crippen molar-refractivity contribution in [3.63, 3.8) is 0 Å². The zero-order valence-electron chi connectivity index (χ0n) is 19.8. The number of aromatic nitrogens is 1. The van der Waals surface area contributed by atoms with E-state index in [0.29, 0.717) is 23.7 Å². The van der Waals surface area contributed by atoms with Crippen molar-refractivity contribution in [2.75, 3.05) is 95.5 Å². The Morgan fingerprint density at radius 2 is 1.53 bits per heavy atom. The van der Waals surface area contributed by atoms with Crippen LogP contribution < -0.4 is 16.0 Å². The van der Waals surface area contributed by atoms with Crippen LogP contribution in [0.3, 0.4) is 0 Å². The minimum Gasteiger partial charge on any atom is -0.394 e. The van der Waals surface area contributed by atoms with Crippen LogP contribution in [0.1, 0.15) is 13.8 Å². The van der Waals surface area contributed by atoms with Crippen molar-refractivity contribution in [3.05, 3.63) is 23.8 Å². The maximum absolute atomic E-state index is 14.7. The van der Waals surface area contributed by atoms with Crippen LogP contribution in [0, 0.1) is 11.6 Å². The first-order valence-corrected chi connectivity index (χ1v) is 11.6. The fraction of sp³-hybridized carbons (Fsp3) is 0.609. The number of nitrogens with one attached hydrogen (secondary N) is 1. The van der Waals surface area contributed by atoms with Crippen LogP contribution in [0.4, 0.5) is 26.0 Å². The number of fused-ring (bicyclic) bond motifs is 1. The Kier molecular flexibility index (Phi) is 8.44. The fourth-order valence-electron chi connectivity index (χ4n) is 4.17. The number of nitrogens with zero attached hydrogens (tertiary/aromatic N) is 5. The molecule has 2 fully saturated rings. The molecule has 2 aliphatic heterocycles. The maximum Gasteiger partial charge on any atom is 0.154 e. The molecule has 178 valence electrons. The molecule has 0 aliphatic carbocycles. The lowest BCUT2D eigenvalue weighted by Gasteiger charge is -2.34. The minimum absolute atomic E-state index is 0.255. The standard InChI is InChI=1S/C21H31F2N7.C2H6/c1-27-5-9-29(10-6-27)4-3-25-20-18-16(23)13-15(22)14-17(18)26-21(19(20)24)30-11-7-28(2)8-12-30;1-2/h13-14H,3-12,24H2,1-2H3,(H,25,26);1-2H3. The molecular formula is C23H37F2N7. The van der Waals surface area contributed by atoms with E-state index in [1.165, 1.54) is 6.07 Å². The van der Waals surface area contributed by atoms with Gasteiger partial charge in [-0.2, -0.15) is 0 Å². The van der Waals surface area contributed by atoms with Crippen LogP contribution in [-0.4, -0.2) is 99.2 Å². The Morgan fingerprint density at radius 3 is 2.16 bits per heavy atom. The van der Waals surface area contributed by atoms with Crippen molar-refractivity contribution >= 4 is 28.1 Å². The molecule has 32 heavy (non-hydrogen) atoms. The van der Waals surface area contributed by atoms with Gasteiger partial charge in [0.15, 0.2) is 5.82 Å². The van der Waals surface area contributed by atoms with Crippen LogP contribution in [0.2, 0.25) is 0 Å². The van der Waals surface area contributed by atoms with Crippen molar-refractivity contribution in [2.24, 2.45) is 0 Å². The topological polar surface area (TPSA) is 63.9 Å². The Balaban J connectivity index is 0.00000141. The van der Waals surface area contributed by atoms with Gasteiger partial charge in [0.05, 0.1) is 22.3 Å². The van der Waals surface area contributed by atoms with Crippen molar-refractivity contribution < 1.29 is 8.78 Å². The normalized spacial score (nSPS) is 18.5. The summed E-state index contributed by atoms with van der Waals surface area (Å²) >= 11 is 0. The van der Waals surface area contributed by atoms with Gasteiger partial charge in [0, 0.05) is 77.6 Å². The molecular weight excluding hydrogens is 412 g/mol. The second-order valence-corrected chi connectivity index (χ2v) is 8.37. The van der Waals surface area contributed by atoms with E-state index in [0.717, 1.165) is 65.0 Å². The summed E-state index contributed by atoms with van der Waals surface area (Å²) in [6.45, 7) is 12.9. The lowest BCUT2D eigenvalue weighted by molar-refractivity contribution is 0.158. The molecule has 0 bridgehead atoms. The number of nitrogens with two attached hydrogens (primary N) is 1. The Labute approximate surface area is 190 Å². The van der Waals surface area contributed by atoms with Crippen molar-refractivity contribution in [3.8, 4) is 0 Å². The van der Waals surface area contributed by atoms with Gasteiger partial charge in [-0.15, -0.1) is 0 Å². The first-order valence-electron chi connectivity index (χ1n) is 11.6. The van der Waals surface area contributed by atoms with Crippen molar-refractivity contribution in [2.45, 2.75) is 13.8 Å². The minimum atomic E-state index is -0.642. The number of rotatable bonds is 5. The second-order valence-electron chi connectivity index (χ2n) is 8.37. The molecule has 3 N–H and O–H groups in total. The zero-order valence-corrected chi connectivity index (χ0v) is 19.8. The number of benzene rings is 1. The molecule has 9 heteroatoms. The number of pyridine rings is 1. The molecule has 7 nitrogen and oxygen atoms in total. The Bertz CT molecular complexity index is 892. The predicted octanol–water partition coefficient (Wildman–Crippen LogP) is 2.53. The first-order chi connectivity index (χ1) is 15.4. The van der Waals surface area contributed by atoms with Gasteiger partial charge in [-0.05, 0) is 14.1 Å². The summed E-state index contributed by atoms with van der Waals surface area (Å²) in [5.41, 5.74) is 7.73. The summed E-state index contributed by atoms with van der Waals surface area (Å²) in [5, 5.41) is 3.60. The molecule has 0 unspecified atom stereocenters. The summed E-state index contributed by atoms with van der Waals surface area (Å²) in [5.74, 6) is -0.677. The number of anilines is 3. The molecule has 0 amide bonds. The highest BCUT2D eigenvalue weighted by molar-refractivity contribution is 6.01. The number of likely N-dealkylation sites (N-methyl/N-ethyl adjacent to an activating group) is 2. The van der Waals surface area contributed by atoms with E-state index in [1.807, 2.05) is 13.8 Å². The summed E-state index contributed by atoms with van der Waals surface area (Å²) < 4.78 is 28.6. The largest absolute Gasteiger partial charge is 0.394 e. The van der Waals surface area contributed by atoms with Crippen LogP contribution >= 0.6 is 0 Å². The molecule has 2 saturated heterocycles. The predicted molar refractivity (Wildman–Crippen MR) is 130 cm³/mol. The molecule has 0 atom stereocenters. The van der Waals surface area contributed by atoms with Gasteiger partial charge < -0.3 is 25.8 Å². The molecule has 3 heterocycles. The van der Waals surface area contributed by atoms with Crippen LogP contribution in [0.5, 0.6) is 0 Å². The number of halogens is 2. The number of nitrogen functional groups attached to an aromatic ring is 1. The molecule has 2 aliphatic rings. The molecule has 1 aromatic heterocycles. The quantitative estimate of drug-likeness (QED) is 0.727. The Hall–Kier alpha value is -2.23. The average molecular weight is 450 g/mol. The van der Waals surface area contributed by atoms with E-state index in [1.54, 1.807) is 0 Å². The molecule has 2 aromatic rings. The van der Waals surface area contributed by atoms with E-state index in [4.69, 9.17) is 5.73 Å². The van der Waals surface area contributed by atoms with E-state index in [9.17, 15) is 8.78 Å². The lowest BCUT2D eigenvalue weighted by atomic mass is 10.1. The number of piperazine rings is 2. The van der Waals surface area contributed by atoms with Crippen LogP contribution in [-0.2, 0) is 0 Å². The van der Waals surface area contributed by atoms with Crippen molar-refractivity contribution in [1.82, 2.24) is 19.7 Å². The SMILES string of the molecule is CC.CN1CCN(CCNc2c(N)c(N3CCN(C)CC3)nc3cc(F)cc(F)c23)CC1. The fourth-order valence-corrected chi connectivity index (χ4v) is 4.17. The molecule has 4 rings (SSSR count). The van der Waals surface area contributed by atoms with Crippen LogP contribution in [0.15, 0.2) is 12.1 Å². The van der Waals surface area contributed by atoms with Gasteiger partial charge in [-0.3, -0.25) is 4.90 Å². The van der Waals surface area contributed by atoms with Crippen molar-refractivity contribution in [1.29, 1.82) is 0 Å². The third kappa shape index (κ3) is 5.57. The number of hydrogen-bond acceptors (Lipinski definition) is 7. The van der Waals surface area contributed by atoms with Gasteiger partial charge in [0.25, 0.3) is 0 Å². The average Bonchev–Trinajstić information content (AvgIpc) is 2.78. The van der Waals surface area contributed by atoms with E-state index in [-0.39, 0.29) is 10.9 Å². The maximum atomic E-state index is 14.7. The van der Waals surface area contributed by atoms with Gasteiger partial charge in [-0.25, -0.2) is 13.8 Å². The highest BCUT2D eigenvalue weighted by atomic mass is 19.1. The van der Waals surface area contributed by atoms with Gasteiger partial charge in [0.1, 0.15) is 11.6 Å². The lowest BCUT2D eigenvalue weighted by Crippen LogP contribution is -2.46. The third-order valence-electron chi connectivity index (χ3n) is 6.15. The molecule has 0 radical (unpaired) electrons. The van der Waals surface area contributed by atoms with E-state index < -0.39 is 11.6 Å². The smallest absolute Gasteiger partial charge is 0.154 e. The summed E-state index contributed by atoms with van der Waals surface area (Å²) in [6.07, 6.45) is 0.